The van der Waals surface area contributed by atoms with Crippen LogP contribution < -0.4 is 20.1 Å². The largest absolute Gasteiger partial charge is 0.493 e. The summed E-state index contributed by atoms with van der Waals surface area (Å²) >= 11 is 4.89. The van der Waals surface area contributed by atoms with Crippen molar-refractivity contribution in [3.8, 4) is 11.5 Å². The van der Waals surface area contributed by atoms with E-state index in [0.29, 0.717) is 22.8 Å². The van der Waals surface area contributed by atoms with Crippen LogP contribution in [0.5, 0.6) is 11.5 Å². The highest BCUT2D eigenvalue weighted by molar-refractivity contribution is 7.80. The van der Waals surface area contributed by atoms with E-state index in [9.17, 15) is 9.18 Å². The van der Waals surface area contributed by atoms with Crippen molar-refractivity contribution in [1.82, 2.24) is 10.6 Å². The highest BCUT2D eigenvalue weighted by atomic mass is 32.1. The fraction of sp³-hybridized carbons (Fsp3) is 0.111. The van der Waals surface area contributed by atoms with Gasteiger partial charge in [-0.25, -0.2) is 4.39 Å². The smallest absolute Gasteiger partial charge is 0.273 e. The summed E-state index contributed by atoms with van der Waals surface area (Å²) in [5.41, 5.74) is 1.54. The Kier molecular flexibility index (Phi) is 4.95. The Balaban J connectivity index is 1.78. The molecule has 1 aliphatic heterocycles. The lowest BCUT2D eigenvalue weighted by Crippen LogP contribution is -2.21. The maximum absolute atomic E-state index is 13.7. The molecule has 1 amide bonds. The summed E-state index contributed by atoms with van der Waals surface area (Å²) < 4.78 is 24.6. The number of halogens is 1. The number of ether oxygens (including phenoxy) is 2. The standard InChI is InChI=1S/C18H15FN2O3S/c1-23-16-9-11(8-14-17(22)21-18(25)20-14)6-7-15(16)24-10-12-4-2-3-5-13(12)19/h2-9H,10H2,1H3,(H2,20,21,22,25). The van der Waals surface area contributed by atoms with Crippen molar-refractivity contribution in [1.29, 1.82) is 0 Å². The van der Waals surface area contributed by atoms with E-state index in [4.69, 9.17) is 21.7 Å². The number of carbonyl (C=O) groups is 1. The average molecular weight is 358 g/mol. The first kappa shape index (κ1) is 16.9. The molecule has 1 aliphatic rings. The van der Waals surface area contributed by atoms with Gasteiger partial charge >= 0.3 is 0 Å². The lowest BCUT2D eigenvalue weighted by Gasteiger charge is -2.12. The molecule has 25 heavy (non-hydrogen) atoms. The molecule has 0 spiro atoms. The Labute approximate surface area is 149 Å². The van der Waals surface area contributed by atoms with Gasteiger partial charge in [-0.15, -0.1) is 0 Å². The molecule has 3 rings (SSSR count). The van der Waals surface area contributed by atoms with Gasteiger partial charge in [-0.2, -0.15) is 0 Å². The summed E-state index contributed by atoms with van der Waals surface area (Å²) in [4.78, 5) is 11.7. The van der Waals surface area contributed by atoms with Crippen LogP contribution in [0, 0.1) is 5.82 Å². The number of hydrogen-bond donors (Lipinski definition) is 2. The summed E-state index contributed by atoms with van der Waals surface area (Å²) in [7, 11) is 1.51. The molecule has 128 valence electrons. The maximum Gasteiger partial charge on any atom is 0.273 e. The first-order valence-electron chi connectivity index (χ1n) is 7.45. The third-order valence-electron chi connectivity index (χ3n) is 3.56. The number of carbonyl (C=O) groups excluding carboxylic acids is 1. The van der Waals surface area contributed by atoms with Crippen molar-refractivity contribution >= 4 is 29.3 Å². The number of thiocarbonyl (C=S) groups is 1. The summed E-state index contributed by atoms with van der Waals surface area (Å²) in [6, 6.07) is 11.6. The lowest BCUT2D eigenvalue weighted by atomic mass is 10.1. The van der Waals surface area contributed by atoms with Crippen LogP contribution >= 0.6 is 12.2 Å². The van der Waals surface area contributed by atoms with Crippen LogP contribution in [0.4, 0.5) is 4.39 Å². The van der Waals surface area contributed by atoms with Gasteiger partial charge in [0.05, 0.1) is 7.11 Å². The summed E-state index contributed by atoms with van der Waals surface area (Å²) in [6.07, 6.45) is 1.65. The quantitative estimate of drug-likeness (QED) is 0.636. The van der Waals surface area contributed by atoms with Gasteiger partial charge in [0.1, 0.15) is 18.1 Å². The molecular weight excluding hydrogens is 343 g/mol. The summed E-state index contributed by atoms with van der Waals surface area (Å²) in [6.45, 7) is 0.0850. The lowest BCUT2D eigenvalue weighted by molar-refractivity contribution is -0.115. The van der Waals surface area contributed by atoms with Crippen molar-refractivity contribution in [2.75, 3.05) is 7.11 Å². The van der Waals surface area contributed by atoms with Crippen molar-refractivity contribution in [3.05, 3.63) is 65.1 Å². The number of rotatable bonds is 5. The predicted octanol–water partition coefficient (Wildman–Crippen LogP) is 2.76. The molecule has 0 saturated carbocycles. The zero-order valence-electron chi connectivity index (χ0n) is 13.3. The highest BCUT2D eigenvalue weighted by Gasteiger charge is 2.20. The molecule has 1 fully saturated rings. The normalized spacial score (nSPS) is 15.0. The van der Waals surface area contributed by atoms with E-state index in [1.54, 1.807) is 42.5 Å². The van der Waals surface area contributed by atoms with Gasteiger partial charge in [0.2, 0.25) is 0 Å². The monoisotopic (exact) mass is 358 g/mol. The minimum Gasteiger partial charge on any atom is -0.493 e. The SMILES string of the molecule is COc1cc(C=C2NC(=S)NC2=O)ccc1OCc1ccccc1F. The molecule has 0 bridgehead atoms. The number of methoxy groups -OCH3 is 1. The van der Waals surface area contributed by atoms with E-state index >= 15 is 0 Å². The van der Waals surface area contributed by atoms with Gasteiger partial charge in [0.25, 0.3) is 5.91 Å². The minimum atomic E-state index is -0.322. The second-order valence-electron chi connectivity index (χ2n) is 5.26. The molecule has 2 aromatic rings. The van der Waals surface area contributed by atoms with Gasteiger partial charge in [0, 0.05) is 5.56 Å². The van der Waals surface area contributed by atoms with Gasteiger partial charge < -0.3 is 14.8 Å². The molecule has 0 radical (unpaired) electrons. The molecule has 0 atom stereocenters. The molecule has 5 nitrogen and oxygen atoms in total. The third kappa shape index (κ3) is 3.95. The Morgan fingerprint density at radius 1 is 1.16 bits per heavy atom. The predicted molar refractivity (Wildman–Crippen MR) is 95.6 cm³/mol. The van der Waals surface area contributed by atoms with E-state index in [2.05, 4.69) is 10.6 Å². The molecule has 1 saturated heterocycles. The molecular formula is C18H15FN2O3S. The Morgan fingerprint density at radius 3 is 2.64 bits per heavy atom. The third-order valence-corrected chi connectivity index (χ3v) is 3.76. The topological polar surface area (TPSA) is 59.6 Å². The first-order valence-corrected chi connectivity index (χ1v) is 7.86. The van der Waals surface area contributed by atoms with Crippen LogP contribution in [0.2, 0.25) is 0 Å². The fourth-order valence-corrected chi connectivity index (χ4v) is 2.52. The van der Waals surface area contributed by atoms with E-state index in [0.717, 1.165) is 5.56 Å². The number of amides is 1. The first-order chi connectivity index (χ1) is 12.1. The average Bonchev–Trinajstić information content (AvgIpc) is 2.92. The second kappa shape index (κ2) is 7.31. The van der Waals surface area contributed by atoms with Crippen LogP contribution in [0.15, 0.2) is 48.2 Å². The molecule has 0 unspecified atom stereocenters. The fourth-order valence-electron chi connectivity index (χ4n) is 2.31. The van der Waals surface area contributed by atoms with Crippen LogP contribution in [0.1, 0.15) is 11.1 Å². The van der Waals surface area contributed by atoms with Crippen LogP contribution in [0.25, 0.3) is 6.08 Å². The molecule has 2 aromatic carbocycles. The van der Waals surface area contributed by atoms with Gasteiger partial charge in [-0.05, 0) is 42.1 Å². The van der Waals surface area contributed by atoms with E-state index in [1.165, 1.54) is 13.2 Å². The Bertz CT molecular complexity index is 867. The molecule has 7 heteroatoms. The van der Waals surface area contributed by atoms with E-state index in [-0.39, 0.29) is 23.4 Å². The Hall–Kier alpha value is -2.93. The molecule has 2 N–H and O–H groups in total. The molecule has 0 aliphatic carbocycles. The minimum absolute atomic E-state index is 0.0850. The van der Waals surface area contributed by atoms with Crippen molar-refractivity contribution < 1.29 is 18.7 Å². The van der Waals surface area contributed by atoms with Crippen LogP contribution in [-0.4, -0.2) is 18.1 Å². The zero-order valence-corrected chi connectivity index (χ0v) is 14.2. The molecule has 1 heterocycles. The highest BCUT2D eigenvalue weighted by Crippen LogP contribution is 2.30. The van der Waals surface area contributed by atoms with Gasteiger partial charge in [-0.1, -0.05) is 24.3 Å². The van der Waals surface area contributed by atoms with Crippen LogP contribution in [-0.2, 0) is 11.4 Å². The number of nitrogens with one attached hydrogen (secondary N) is 2. The number of benzene rings is 2. The Morgan fingerprint density at radius 2 is 1.96 bits per heavy atom. The second-order valence-corrected chi connectivity index (χ2v) is 5.66. The molecule has 0 aromatic heterocycles. The zero-order chi connectivity index (χ0) is 17.8. The van der Waals surface area contributed by atoms with Crippen molar-refractivity contribution in [2.24, 2.45) is 0 Å². The number of hydrogen-bond acceptors (Lipinski definition) is 4. The summed E-state index contributed by atoms with van der Waals surface area (Å²) in [5.74, 6) is 0.347. The van der Waals surface area contributed by atoms with Gasteiger partial charge in [0.15, 0.2) is 16.6 Å². The van der Waals surface area contributed by atoms with Crippen molar-refractivity contribution in [3.63, 3.8) is 0 Å². The maximum atomic E-state index is 13.7. The van der Waals surface area contributed by atoms with E-state index in [1.807, 2.05) is 0 Å². The van der Waals surface area contributed by atoms with E-state index < -0.39 is 0 Å². The van der Waals surface area contributed by atoms with Gasteiger partial charge in [-0.3, -0.25) is 10.1 Å². The van der Waals surface area contributed by atoms with Crippen molar-refractivity contribution in [2.45, 2.75) is 6.61 Å². The van der Waals surface area contributed by atoms with Crippen LogP contribution in [0.3, 0.4) is 0 Å². The summed E-state index contributed by atoms with van der Waals surface area (Å²) in [5, 5.41) is 5.54.